The second-order valence-corrected chi connectivity index (χ2v) is 6.02. The van der Waals surface area contributed by atoms with Gasteiger partial charge in [0, 0.05) is 39.5 Å². The minimum absolute atomic E-state index is 0.126. The summed E-state index contributed by atoms with van der Waals surface area (Å²) in [6.07, 6.45) is 1.87. The van der Waals surface area contributed by atoms with E-state index in [1.165, 1.54) is 0 Å². The zero-order chi connectivity index (χ0) is 16.2. The highest BCUT2D eigenvalue weighted by Crippen LogP contribution is 2.25. The fourth-order valence-electron chi connectivity index (χ4n) is 3.12. The third-order valence-electron chi connectivity index (χ3n) is 4.50. The fourth-order valence-corrected chi connectivity index (χ4v) is 3.12. The Balaban J connectivity index is 1.60. The van der Waals surface area contributed by atoms with Gasteiger partial charge in [-0.15, -0.1) is 0 Å². The van der Waals surface area contributed by atoms with Crippen molar-refractivity contribution in [2.24, 2.45) is 0 Å². The van der Waals surface area contributed by atoms with E-state index in [-0.39, 0.29) is 12.0 Å². The van der Waals surface area contributed by atoms with Crippen LogP contribution in [0.15, 0.2) is 18.3 Å². The number of carbonyl (C=O) groups excluding carboxylic acids is 1. The van der Waals surface area contributed by atoms with Crippen molar-refractivity contribution in [3.05, 3.63) is 23.9 Å². The Bertz CT molecular complexity index is 537. The van der Waals surface area contributed by atoms with Crippen molar-refractivity contribution in [1.29, 1.82) is 0 Å². The number of fused-ring (bicyclic) bond motifs is 1. The van der Waals surface area contributed by atoms with Gasteiger partial charge in [-0.2, -0.15) is 0 Å². The molecule has 1 N–H and O–H groups in total. The monoisotopic (exact) mass is 320 g/mol. The summed E-state index contributed by atoms with van der Waals surface area (Å²) < 4.78 is 10.8. The molecular formula is C16H24N4O3. The van der Waals surface area contributed by atoms with Gasteiger partial charge in [0.25, 0.3) is 5.91 Å². The van der Waals surface area contributed by atoms with E-state index in [0.717, 1.165) is 32.1 Å². The van der Waals surface area contributed by atoms with E-state index >= 15 is 0 Å². The Morgan fingerprint density at radius 1 is 1.48 bits per heavy atom. The van der Waals surface area contributed by atoms with Crippen LogP contribution in [-0.4, -0.2) is 81.5 Å². The molecule has 1 aromatic heterocycles. The number of methoxy groups -OCH3 is 1. The molecule has 3 rings (SSSR count). The van der Waals surface area contributed by atoms with Crippen LogP contribution in [0.5, 0.6) is 0 Å². The molecule has 3 heterocycles. The molecular weight excluding hydrogens is 296 g/mol. The molecule has 7 heteroatoms. The van der Waals surface area contributed by atoms with Crippen LogP contribution in [-0.2, 0) is 9.47 Å². The normalized spacial score (nSPS) is 24.5. The van der Waals surface area contributed by atoms with Gasteiger partial charge in [-0.3, -0.25) is 9.69 Å². The third kappa shape index (κ3) is 3.63. The number of rotatable bonds is 5. The van der Waals surface area contributed by atoms with Crippen molar-refractivity contribution in [1.82, 2.24) is 15.2 Å². The van der Waals surface area contributed by atoms with Gasteiger partial charge in [-0.1, -0.05) is 0 Å². The molecule has 1 aromatic rings. The molecule has 2 aliphatic heterocycles. The van der Waals surface area contributed by atoms with Gasteiger partial charge < -0.3 is 19.7 Å². The highest BCUT2D eigenvalue weighted by molar-refractivity contribution is 5.94. The van der Waals surface area contributed by atoms with Crippen LogP contribution in [0, 0.1) is 0 Å². The van der Waals surface area contributed by atoms with E-state index in [1.54, 1.807) is 13.3 Å². The van der Waals surface area contributed by atoms with Gasteiger partial charge in [0.1, 0.15) is 5.82 Å². The van der Waals surface area contributed by atoms with E-state index in [2.05, 4.69) is 27.1 Å². The van der Waals surface area contributed by atoms with Crippen LogP contribution in [0.4, 0.5) is 5.82 Å². The number of amides is 1. The molecule has 2 saturated heterocycles. The van der Waals surface area contributed by atoms with E-state index < -0.39 is 0 Å². The maximum atomic E-state index is 12.0. The van der Waals surface area contributed by atoms with Crippen molar-refractivity contribution < 1.29 is 14.3 Å². The number of morpholine rings is 1. The van der Waals surface area contributed by atoms with Crippen molar-refractivity contribution >= 4 is 11.7 Å². The molecule has 1 amide bonds. The van der Waals surface area contributed by atoms with Crippen LogP contribution in [0.25, 0.3) is 0 Å². The van der Waals surface area contributed by atoms with Gasteiger partial charge in [-0.25, -0.2) is 4.98 Å². The highest BCUT2D eigenvalue weighted by Gasteiger charge is 2.38. The van der Waals surface area contributed by atoms with Gasteiger partial charge >= 0.3 is 0 Å². The maximum absolute atomic E-state index is 12.0. The lowest BCUT2D eigenvalue weighted by Crippen LogP contribution is -2.48. The predicted octanol–water partition coefficient (Wildman–Crippen LogP) is -0.0230. The lowest BCUT2D eigenvalue weighted by Gasteiger charge is -2.33. The summed E-state index contributed by atoms with van der Waals surface area (Å²) >= 11 is 0. The van der Waals surface area contributed by atoms with E-state index in [9.17, 15) is 4.79 Å². The number of nitrogens with zero attached hydrogens (tertiary/aromatic N) is 3. The zero-order valence-corrected chi connectivity index (χ0v) is 13.7. The first kappa shape index (κ1) is 16.2. The molecule has 0 spiro atoms. The number of hydrogen-bond donors (Lipinski definition) is 1. The Kier molecular flexibility index (Phi) is 5.09. The number of pyridine rings is 1. The second kappa shape index (κ2) is 7.25. The van der Waals surface area contributed by atoms with Gasteiger partial charge in [0.05, 0.1) is 30.9 Å². The maximum Gasteiger partial charge on any atom is 0.252 e. The third-order valence-corrected chi connectivity index (χ3v) is 4.50. The summed E-state index contributed by atoms with van der Waals surface area (Å²) in [7, 11) is 3.75. The number of ether oxygens (including phenoxy) is 2. The SMILES string of the molecule is COCCNC(=O)c1ccc(N2CC3OCCN(C)C3C2)nc1. The molecule has 0 aromatic carbocycles. The molecule has 0 aliphatic carbocycles. The summed E-state index contributed by atoms with van der Waals surface area (Å²) in [4.78, 5) is 21.0. The molecule has 0 radical (unpaired) electrons. The largest absolute Gasteiger partial charge is 0.383 e. The Labute approximate surface area is 136 Å². The molecule has 126 valence electrons. The number of nitrogens with one attached hydrogen (secondary N) is 1. The van der Waals surface area contributed by atoms with E-state index in [1.807, 2.05) is 12.1 Å². The highest BCUT2D eigenvalue weighted by atomic mass is 16.5. The first-order valence-corrected chi connectivity index (χ1v) is 7.99. The molecule has 2 aliphatic rings. The fraction of sp³-hybridized carbons (Fsp3) is 0.625. The lowest BCUT2D eigenvalue weighted by atomic mass is 10.1. The van der Waals surface area contributed by atoms with Gasteiger partial charge in [0.2, 0.25) is 0 Å². The van der Waals surface area contributed by atoms with Crippen LogP contribution < -0.4 is 10.2 Å². The topological polar surface area (TPSA) is 66.9 Å². The van der Waals surface area contributed by atoms with Crippen molar-refractivity contribution in [2.75, 3.05) is 58.5 Å². The number of carbonyl (C=O) groups is 1. The quantitative estimate of drug-likeness (QED) is 0.769. The summed E-state index contributed by atoms with van der Waals surface area (Å²) in [5.74, 6) is 0.768. The molecule has 23 heavy (non-hydrogen) atoms. The summed E-state index contributed by atoms with van der Waals surface area (Å²) in [5.41, 5.74) is 0.565. The summed E-state index contributed by atoms with van der Waals surface area (Å²) in [5, 5.41) is 2.79. The van der Waals surface area contributed by atoms with Crippen LogP contribution >= 0.6 is 0 Å². The number of anilines is 1. The minimum Gasteiger partial charge on any atom is -0.383 e. The molecule has 7 nitrogen and oxygen atoms in total. The van der Waals surface area contributed by atoms with Crippen LogP contribution in [0.2, 0.25) is 0 Å². The molecule has 2 atom stereocenters. The Hall–Kier alpha value is -1.70. The minimum atomic E-state index is -0.126. The van der Waals surface area contributed by atoms with Crippen molar-refractivity contribution in [2.45, 2.75) is 12.1 Å². The Morgan fingerprint density at radius 2 is 2.35 bits per heavy atom. The average molecular weight is 320 g/mol. The molecule has 0 saturated carbocycles. The molecule has 0 bridgehead atoms. The van der Waals surface area contributed by atoms with E-state index in [4.69, 9.17) is 9.47 Å². The summed E-state index contributed by atoms with van der Waals surface area (Å²) in [6.45, 7) is 4.52. The zero-order valence-electron chi connectivity index (χ0n) is 13.7. The summed E-state index contributed by atoms with van der Waals surface area (Å²) in [6, 6.07) is 4.14. The number of aromatic nitrogens is 1. The van der Waals surface area contributed by atoms with Crippen molar-refractivity contribution in [3.8, 4) is 0 Å². The van der Waals surface area contributed by atoms with Gasteiger partial charge in [0.15, 0.2) is 0 Å². The van der Waals surface area contributed by atoms with Crippen LogP contribution in [0.1, 0.15) is 10.4 Å². The lowest BCUT2D eigenvalue weighted by molar-refractivity contribution is -0.0362. The molecule has 2 unspecified atom stereocenters. The van der Waals surface area contributed by atoms with Gasteiger partial charge in [-0.05, 0) is 19.2 Å². The predicted molar refractivity (Wildman–Crippen MR) is 86.8 cm³/mol. The number of hydrogen-bond acceptors (Lipinski definition) is 6. The average Bonchev–Trinajstić information content (AvgIpc) is 3.01. The number of likely N-dealkylation sites (N-methyl/N-ethyl adjacent to an activating group) is 1. The Morgan fingerprint density at radius 3 is 3.04 bits per heavy atom. The van der Waals surface area contributed by atoms with Crippen molar-refractivity contribution in [3.63, 3.8) is 0 Å². The standard InChI is InChI=1S/C16H24N4O3/c1-19-6-8-23-14-11-20(10-13(14)19)15-4-3-12(9-18-15)16(21)17-5-7-22-2/h3-4,9,13-14H,5-8,10-11H2,1-2H3,(H,17,21). The first-order valence-electron chi connectivity index (χ1n) is 7.99. The first-order chi connectivity index (χ1) is 11.2. The van der Waals surface area contributed by atoms with E-state index in [0.29, 0.717) is 24.8 Å². The van der Waals surface area contributed by atoms with Crippen LogP contribution in [0.3, 0.4) is 0 Å². The smallest absolute Gasteiger partial charge is 0.252 e. The second-order valence-electron chi connectivity index (χ2n) is 6.02. The molecule has 2 fully saturated rings.